The summed E-state index contributed by atoms with van der Waals surface area (Å²) in [4.78, 5) is 29.4. The van der Waals surface area contributed by atoms with Gasteiger partial charge in [0.05, 0.1) is 23.4 Å². The Morgan fingerprint density at radius 3 is 2.40 bits per heavy atom. The molecule has 0 saturated carbocycles. The minimum absolute atomic E-state index is 0.233. The summed E-state index contributed by atoms with van der Waals surface area (Å²) in [6.07, 6.45) is 2.28. The van der Waals surface area contributed by atoms with Crippen molar-refractivity contribution in [1.82, 2.24) is 10.4 Å². The first kappa shape index (κ1) is 28.9. The van der Waals surface area contributed by atoms with Crippen molar-refractivity contribution >= 4 is 52.2 Å². The zero-order valence-electron chi connectivity index (χ0n) is 22.9. The standard InChI is InChI=1S/C33H27Cl2N3O4/c1-3-21-10-9-13-24-29(22-11-5-7-14-25(22)34)31(37-30(21)24)32(39)38-36-19-20-16-17-27(28(18-20)41-4-2)42-33(40)23-12-6-8-15-26(23)35/h5-19,37H,3-4H2,1-2H3,(H,38,39). The number of benzene rings is 4. The molecule has 0 aliphatic carbocycles. The van der Waals surface area contributed by atoms with Crippen LogP contribution in [0.2, 0.25) is 10.0 Å². The van der Waals surface area contributed by atoms with Crippen LogP contribution in [0.3, 0.4) is 0 Å². The molecule has 7 nitrogen and oxygen atoms in total. The van der Waals surface area contributed by atoms with Gasteiger partial charge in [-0.25, -0.2) is 10.2 Å². The van der Waals surface area contributed by atoms with E-state index in [1.54, 1.807) is 48.5 Å². The molecular formula is C33H27Cl2N3O4. The fourth-order valence-corrected chi connectivity index (χ4v) is 5.09. The number of carbonyl (C=O) groups is 2. The van der Waals surface area contributed by atoms with E-state index in [2.05, 4.69) is 22.4 Å². The van der Waals surface area contributed by atoms with E-state index in [-0.39, 0.29) is 11.3 Å². The van der Waals surface area contributed by atoms with Crippen LogP contribution in [-0.4, -0.2) is 29.7 Å². The third kappa shape index (κ3) is 6.03. The molecule has 0 saturated heterocycles. The quantitative estimate of drug-likeness (QED) is 0.0774. The molecule has 0 aliphatic rings. The van der Waals surface area contributed by atoms with Crippen LogP contribution in [0.5, 0.6) is 11.5 Å². The lowest BCUT2D eigenvalue weighted by atomic mass is 9.99. The van der Waals surface area contributed by atoms with E-state index in [1.807, 2.05) is 43.3 Å². The molecule has 0 unspecified atom stereocenters. The zero-order valence-corrected chi connectivity index (χ0v) is 24.4. The highest BCUT2D eigenvalue weighted by atomic mass is 35.5. The predicted molar refractivity (Wildman–Crippen MR) is 167 cm³/mol. The van der Waals surface area contributed by atoms with Crippen LogP contribution in [-0.2, 0) is 6.42 Å². The minimum atomic E-state index is -0.603. The molecule has 0 bridgehead atoms. The number of para-hydroxylation sites is 1. The van der Waals surface area contributed by atoms with Gasteiger partial charge in [-0.15, -0.1) is 0 Å². The summed E-state index contributed by atoms with van der Waals surface area (Å²) in [5.74, 6) is -0.446. The van der Waals surface area contributed by atoms with E-state index in [9.17, 15) is 9.59 Å². The Bertz CT molecular complexity index is 1810. The van der Waals surface area contributed by atoms with Crippen molar-refractivity contribution in [2.75, 3.05) is 6.61 Å². The number of aryl methyl sites for hydroxylation is 1. The third-order valence-corrected chi connectivity index (χ3v) is 7.27. The third-order valence-electron chi connectivity index (χ3n) is 6.61. The molecule has 0 aliphatic heterocycles. The largest absolute Gasteiger partial charge is 0.490 e. The topological polar surface area (TPSA) is 92.8 Å². The summed E-state index contributed by atoms with van der Waals surface area (Å²) in [6, 6.07) is 25.0. The molecule has 5 aromatic rings. The Hall–Kier alpha value is -4.59. The number of aromatic amines is 1. The van der Waals surface area contributed by atoms with Crippen molar-refractivity contribution in [2.24, 2.45) is 5.10 Å². The highest BCUT2D eigenvalue weighted by molar-refractivity contribution is 6.34. The average Bonchev–Trinajstić information content (AvgIpc) is 3.39. The number of esters is 1. The number of hydrogen-bond donors (Lipinski definition) is 2. The Morgan fingerprint density at radius 2 is 1.67 bits per heavy atom. The smallest absolute Gasteiger partial charge is 0.345 e. The highest BCUT2D eigenvalue weighted by Crippen LogP contribution is 2.38. The van der Waals surface area contributed by atoms with Gasteiger partial charge >= 0.3 is 5.97 Å². The molecule has 2 N–H and O–H groups in total. The van der Waals surface area contributed by atoms with Crippen molar-refractivity contribution in [3.63, 3.8) is 0 Å². The summed E-state index contributed by atoms with van der Waals surface area (Å²) in [7, 11) is 0. The number of aromatic nitrogens is 1. The lowest BCUT2D eigenvalue weighted by Gasteiger charge is -2.12. The molecule has 42 heavy (non-hydrogen) atoms. The van der Waals surface area contributed by atoms with Crippen molar-refractivity contribution in [1.29, 1.82) is 0 Å². The van der Waals surface area contributed by atoms with Gasteiger partial charge in [-0.2, -0.15) is 5.10 Å². The molecule has 5 rings (SSSR count). The number of H-pyrrole nitrogens is 1. The van der Waals surface area contributed by atoms with Crippen LogP contribution < -0.4 is 14.9 Å². The molecule has 0 spiro atoms. The Morgan fingerprint density at radius 1 is 0.905 bits per heavy atom. The lowest BCUT2D eigenvalue weighted by molar-refractivity contribution is 0.0728. The predicted octanol–water partition coefficient (Wildman–Crippen LogP) is 8.09. The molecule has 0 fully saturated rings. The second-order valence-electron chi connectivity index (χ2n) is 9.26. The zero-order chi connectivity index (χ0) is 29.6. The van der Waals surface area contributed by atoms with Gasteiger partial charge in [0.25, 0.3) is 5.91 Å². The Labute approximate surface area is 253 Å². The number of hydrogen-bond acceptors (Lipinski definition) is 5. The van der Waals surface area contributed by atoms with Gasteiger partial charge in [-0.3, -0.25) is 4.79 Å². The van der Waals surface area contributed by atoms with Crippen molar-refractivity contribution < 1.29 is 19.1 Å². The normalized spacial score (nSPS) is 11.1. The Balaban J connectivity index is 1.40. The fourth-order valence-electron chi connectivity index (χ4n) is 4.65. The molecule has 0 atom stereocenters. The maximum atomic E-state index is 13.4. The molecule has 212 valence electrons. The van der Waals surface area contributed by atoms with Crippen molar-refractivity contribution in [2.45, 2.75) is 20.3 Å². The highest BCUT2D eigenvalue weighted by Gasteiger charge is 2.22. The second-order valence-corrected chi connectivity index (χ2v) is 10.1. The van der Waals surface area contributed by atoms with Crippen LogP contribution in [0, 0.1) is 0 Å². The maximum absolute atomic E-state index is 13.4. The summed E-state index contributed by atoms with van der Waals surface area (Å²) in [5, 5.41) is 5.91. The molecule has 9 heteroatoms. The average molecular weight is 601 g/mol. The number of amides is 1. The van der Waals surface area contributed by atoms with Gasteiger partial charge in [0, 0.05) is 27.1 Å². The number of nitrogens with zero attached hydrogens (tertiary/aromatic N) is 1. The number of nitrogens with one attached hydrogen (secondary N) is 2. The fraction of sp³-hybridized carbons (Fsp3) is 0.121. The molecule has 4 aromatic carbocycles. The SMILES string of the molecule is CCOc1cc(C=NNC(=O)c2[nH]c3c(CC)cccc3c2-c2ccccc2Cl)ccc1OC(=O)c1ccccc1Cl. The molecule has 0 radical (unpaired) electrons. The molecule has 1 aromatic heterocycles. The van der Waals surface area contributed by atoms with E-state index < -0.39 is 11.9 Å². The lowest BCUT2D eigenvalue weighted by Crippen LogP contribution is -2.19. The van der Waals surface area contributed by atoms with Gasteiger partial charge in [0.15, 0.2) is 11.5 Å². The van der Waals surface area contributed by atoms with Gasteiger partial charge in [0.2, 0.25) is 0 Å². The van der Waals surface area contributed by atoms with E-state index >= 15 is 0 Å². The van der Waals surface area contributed by atoms with Crippen LogP contribution in [0.1, 0.15) is 45.8 Å². The van der Waals surface area contributed by atoms with E-state index in [1.165, 1.54) is 6.21 Å². The summed E-state index contributed by atoms with van der Waals surface area (Å²) in [6.45, 7) is 4.23. The monoisotopic (exact) mass is 599 g/mol. The van der Waals surface area contributed by atoms with Crippen LogP contribution in [0.4, 0.5) is 0 Å². The van der Waals surface area contributed by atoms with E-state index in [0.717, 1.165) is 28.5 Å². The first-order valence-corrected chi connectivity index (χ1v) is 14.1. The second kappa shape index (κ2) is 12.9. The number of halogens is 2. The van der Waals surface area contributed by atoms with Crippen LogP contribution in [0.15, 0.2) is 90.0 Å². The van der Waals surface area contributed by atoms with Crippen molar-refractivity contribution in [3.8, 4) is 22.6 Å². The van der Waals surface area contributed by atoms with Gasteiger partial charge in [-0.05, 0) is 60.9 Å². The maximum Gasteiger partial charge on any atom is 0.345 e. The number of rotatable bonds is 9. The number of fused-ring (bicyclic) bond motifs is 1. The number of hydrazone groups is 1. The summed E-state index contributed by atoms with van der Waals surface area (Å²) < 4.78 is 11.3. The molecular weight excluding hydrogens is 573 g/mol. The first-order valence-electron chi connectivity index (χ1n) is 13.4. The van der Waals surface area contributed by atoms with Gasteiger partial charge < -0.3 is 14.5 Å². The van der Waals surface area contributed by atoms with Gasteiger partial charge in [-0.1, -0.05) is 78.7 Å². The van der Waals surface area contributed by atoms with Gasteiger partial charge in [0.1, 0.15) is 5.69 Å². The summed E-state index contributed by atoms with van der Waals surface area (Å²) >= 11 is 12.7. The summed E-state index contributed by atoms with van der Waals surface area (Å²) in [5.41, 5.74) is 7.26. The van der Waals surface area contributed by atoms with E-state index in [4.69, 9.17) is 32.7 Å². The molecule has 1 amide bonds. The van der Waals surface area contributed by atoms with Crippen LogP contribution >= 0.6 is 23.2 Å². The Kier molecular flexibility index (Phi) is 8.91. The minimum Gasteiger partial charge on any atom is -0.490 e. The molecule has 1 heterocycles. The van der Waals surface area contributed by atoms with Crippen molar-refractivity contribution in [3.05, 3.63) is 117 Å². The van der Waals surface area contributed by atoms with Crippen LogP contribution in [0.25, 0.3) is 22.0 Å². The number of ether oxygens (including phenoxy) is 2. The first-order chi connectivity index (χ1) is 20.4. The number of carbonyl (C=O) groups excluding carboxylic acids is 2. The van der Waals surface area contributed by atoms with E-state index in [0.29, 0.717) is 39.2 Å².